The monoisotopic (exact) mass is 411 g/mol. The fourth-order valence-corrected chi connectivity index (χ4v) is 3.56. The van der Waals surface area contributed by atoms with E-state index in [4.69, 9.17) is 4.74 Å². The zero-order chi connectivity index (χ0) is 21.5. The Labute approximate surface area is 177 Å². The van der Waals surface area contributed by atoms with Crippen LogP contribution in [0.4, 0.5) is 10.5 Å². The van der Waals surface area contributed by atoms with Gasteiger partial charge in [-0.3, -0.25) is 4.79 Å². The molecule has 2 aromatic carbocycles. The smallest absolute Gasteiger partial charge is 0.319 e. The Kier molecular flexibility index (Phi) is 7.43. The minimum absolute atomic E-state index is 0.00419. The average Bonchev–Trinajstić information content (AvgIpc) is 2.75. The van der Waals surface area contributed by atoms with Crippen molar-refractivity contribution < 1.29 is 19.4 Å². The first-order valence-electron chi connectivity index (χ1n) is 10.2. The van der Waals surface area contributed by atoms with Crippen molar-refractivity contribution in [2.24, 2.45) is 5.92 Å². The summed E-state index contributed by atoms with van der Waals surface area (Å²) in [5.74, 6) is 0.190. The Hall–Kier alpha value is -2.90. The van der Waals surface area contributed by atoms with Gasteiger partial charge in [0.15, 0.2) is 0 Å². The third kappa shape index (κ3) is 5.58. The molecule has 0 spiro atoms. The zero-order valence-electron chi connectivity index (χ0n) is 17.4. The third-order valence-corrected chi connectivity index (χ3v) is 5.00. The summed E-state index contributed by atoms with van der Waals surface area (Å²) in [4.78, 5) is 26.1. The number of hydrogen-bond acceptors (Lipinski definition) is 4. The van der Waals surface area contributed by atoms with Gasteiger partial charge in [-0.15, -0.1) is 0 Å². The number of rotatable bonds is 7. The SMILES string of the molecule is CC(C)CN1C(=O)CO[C@H](c2ccc(NC(=O)NCc3ccccc3)cc2)[C@H]1CO. The molecule has 7 nitrogen and oxygen atoms in total. The fraction of sp³-hybridized carbons (Fsp3) is 0.391. The van der Waals surface area contributed by atoms with Crippen molar-refractivity contribution in [2.45, 2.75) is 32.5 Å². The lowest BCUT2D eigenvalue weighted by Gasteiger charge is -2.41. The van der Waals surface area contributed by atoms with E-state index in [2.05, 4.69) is 10.6 Å². The Balaban J connectivity index is 1.61. The van der Waals surface area contributed by atoms with E-state index in [0.717, 1.165) is 11.1 Å². The molecule has 1 fully saturated rings. The number of carbonyl (C=O) groups is 2. The second-order valence-electron chi connectivity index (χ2n) is 7.84. The molecule has 0 saturated carbocycles. The summed E-state index contributed by atoms with van der Waals surface area (Å²) < 4.78 is 5.75. The van der Waals surface area contributed by atoms with E-state index in [0.29, 0.717) is 24.7 Å². The lowest BCUT2D eigenvalue weighted by molar-refractivity contribution is -0.161. The maximum Gasteiger partial charge on any atom is 0.319 e. The van der Waals surface area contributed by atoms with Gasteiger partial charge < -0.3 is 25.4 Å². The van der Waals surface area contributed by atoms with Crippen LogP contribution in [0.25, 0.3) is 0 Å². The van der Waals surface area contributed by atoms with Crippen LogP contribution in [0.15, 0.2) is 54.6 Å². The molecule has 3 amide bonds. The summed E-state index contributed by atoms with van der Waals surface area (Å²) in [6, 6.07) is 16.2. The highest BCUT2D eigenvalue weighted by molar-refractivity contribution is 5.89. The van der Waals surface area contributed by atoms with Gasteiger partial charge in [0.1, 0.15) is 12.7 Å². The molecule has 3 N–H and O–H groups in total. The maximum absolute atomic E-state index is 12.3. The molecule has 0 aromatic heterocycles. The molecule has 7 heteroatoms. The maximum atomic E-state index is 12.3. The van der Waals surface area contributed by atoms with Gasteiger partial charge in [-0.2, -0.15) is 0 Å². The van der Waals surface area contributed by atoms with E-state index in [1.165, 1.54) is 0 Å². The molecule has 0 aliphatic carbocycles. The fourth-order valence-electron chi connectivity index (χ4n) is 3.56. The number of nitrogens with zero attached hydrogens (tertiary/aromatic N) is 1. The molecule has 0 unspecified atom stereocenters. The third-order valence-electron chi connectivity index (χ3n) is 5.00. The number of carbonyl (C=O) groups excluding carboxylic acids is 2. The molecular formula is C23H29N3O4. The number of morpholine rings is 1. The van der Waals surface area contributed by atoms with Gasteiger partial charge in [-0.25, -0.2) is 4.79 Å². The number of aliphatic hydroxyl groups is 1. The van der Waals surface area contributed by atoms with Gasteiger partial charge in [0, 0.05) is 18.8 Å². The van der Waals surface area contributed by atoms with E-state index >= 15 is 0 Å². The summed E-state index contributed by atoms with van der Waals surface area (Å²) in [5, 5.41) is 15.5. The van der Waals surface area contributed by atoms with Crippen LogP contribution in [0.3, 0.4) is 0 Å². The lowest BCUT2D eigenvalue weighted by atomic mass is 9.98. The molecule has 160 valence electrons. The second kappa shape index (κ2) is 10.2. The molecule has 1 aliphatic heterocycles. The number of nitrogens with one attached hydrogen (secondary N) is 2. The topological polar surface area (TPSA) is 90.9 Å². The number of anilines is 1. The van der Waals surface area contributed by atoms with Gasteiger partial charge >= 0.3 is 6.03 Å². The quantitative estimate of drug-likeness (QED) is 0.653. The van der Waals surface area contributed by atoms with Crippen LogP contribution in [-0.4, -0.2) is 47.7 Å². The molecule has 1 heterocycles. The van der Waals surface area contributed by atoms with Crippen LogP contribution >= 0.6 is 0 Å². The van der Waals surface area contributed by atoms with Crippen LogP contribution in [0, 0.1) is 5.92 Å². The second-order valence-corrected chi connectivity index (χ2v) is 7.84. The van der Waals surface area contributed by atoms with Gasteiger partial charge in [0.25, 0.3) is 0 Å². The largest absolute Gasteiger partial charge is 0.394 e. The Bertz CT molecular complexity index is 839. The van der Waals surface area contributed by atoms with E-state index in [-0.39, 0.29) is 25.2 Å². The van der Waals surface area contributed by atoms with Crippen molar-refractivity contribution >= 4 is 17.6 Å². The highest BCUT2D eigenvalue weighted by Crippen LogP contribution is 2.30. The summed E-state index contributed by atoms with van der Waals surface area (Å²) in [6.07, 6.45) is -0.410. The van der Waals surface area contributed by atoms with Gasteiger partial charge in [-0.1, -0.05) is 56.3 Å². The van der Waals surface area contributed by atoms with E-state index in [1.807, 2.05) is 56.3 Å². The van der Waals surface area contributed by atoms with E-state index < -0.39 is 12.1 Å². The van der Waals surface area contributed by atoms with Crippen molar-refractivity contribution in [3.05, 3.63) is 65.7 Å². The standard InChI is InChI=1S/C23H29N3O4/c1-16(2)13-26-20(14-27)22(30-15-21(26)28)18-8-10-19(11-9-18)25-23(29)24-12-17-6-4-3-5-7-17/h3-11,16,20,22,27H,12-15H2,1-2H3,(H2,24,25,29)/t20-,22-/m1/s1. The van der Waals surface area contributed by atoms with Crippen LogP contribution in [0.1, 0.15) is 31.1 Å². The molecule has 3 rings (SSSR count). The van der Waals surface area contributed by atoms with Gasteiger partial charge in [0.2, 0.25) is 5.91 Å². The number of urea groups is 1. The summed E-state index contributed by atoms with van der Waals surface area (Å²) in [7, 11) is 0. The minimum atomic E-state index is -0.429. The molecule has 2 aromatic rings. The van der Waals surface area contributed by atoms with Crippen molar-refractivity contribution in [3.8, 4) is 0 Å². The van der Waals surface area contributed by atoms with Crippen molar-refractivity contribution in [3.63, 3.8) is 0 Å². The highest BCUT2D eigenvalue weighted by atomic mass is 16.5. The number of amides is 3. The molecule has 1 aliphatic rings. The van der Waals surface area contributed by atoms with Gasteiger partial charge in [0.05, 0.1) is 12.6 Å². The van der Waals surface area contributed by atoms with Gasteiger partial charge in [-0.05, 0) is 29.2 Å². The van der Waals surface area contributed by atoms with Crippen molar-refractivity contribution in [1.29, 1.82) is 0 Å². The molecule has 2 atom stereocenters. The molecular weight excluding hydrogens is 382 g/mol. The van der Waals surface area contributed by atoms with Crippen molar-refractivity contribution in [2.75, 3.05) is 25.1 Å². The lowest BCUT2D eigenvalue weighted by Crippen LogP contribution is -2.53. The van der Waals surface area contributed by atoms with Crippen molar-refractivity contribution in [1.82, 2.24) is 10.2 Å². The Morgan fingerprint density at radius 2 is 1.87 bits per heavy atom. The van der Waals surface area contributed by atoms with Crippen LogP contribution in [0.2, 0.25) is 0 Å². The molecule has 0 radical (unpaired) electrons. The Morgan fingerprint density at radius 3 is 2.50 bits per heavy atom. The van der Waals surface area contributed by atoms with Crippen LogP contribution in [0.5, 0.6) is 0 Å². The molecule has 0 bridgehead atoms. The summed E-state index contributed by atoms with van der Waals surface area (Å²) >= 11 is 0. The molecule has 30 heavy (non-hydrogen) atoms. The summed E-state index contributed by atoms with van der Waals surface area (Å²) in [5.41, 5.74) is 2.52. The van der Waals surface area contributed by atoms with E-state index in [1.54, 1.807) is 17.0 Å². The summed E-state index contributed by atoms with van der Waals surface area (Å²) in [6.45, 7) is 4.91. The van der Waals surface area contributed by atoms with Crippen LogP contribution < -0.4 is 10.6 Å². The number of benzene rings is 2. The first-order chi connectivity index (χ1) is 14.5. The van der Waals surface area contributed by atoms with Crippen LogP contribution in [-0.2, 0) is 16.1 Å². The van der Waals surface area contributed by atoms with E-state index in [9.17, 15) is 14.7 Å². The predicted octanol–water partition coefficient (Wildman–Crippen LogP) is 2.93. The first-order valence-corrected chi connectivity index (χ1v) is 10.2. The first kappa shape index (κ1) is 21.8. The minimum Gasteiger partial charge on any atom is -0.394 e. The normalized spacial score (nSPS) is 19.1. The Morgan fingerprint density at radius 1 is 1.17 bits per heavy atom. The number of aliphatic hydroxyl groups excluding tert-OH is 1. The predicted molar refractivity (Wildman–Crippen MR) is 115 cm³/mol. The highest BCUT2D eigenvalue weighted by Gasteiger charge is 2.37. The average molecular weight is 412 g/mol. The number of hydrogen-bond donors (Lipinski definition) is 3. The molecule has 1 saturated heterocycles. The number of ether oxygens (including phenoxy) is 1. The zero-order valence-corrected chi connectivity index (χ0v) is 17.4.